The molecule has 0 bridgehead atoms. The first-order valence-corrected chi connectivity index (χ1v) is 6.79. The second-order valence-corrected chi connectivity index (χ2v) is 5.22. The third kappa shape index (κ3) is 3.82. The van der Waals surface area contributed by atoms with Gasteiger partial charge in [-0.2, -0.15) is 0 Å². The van der Waals surface area contributed by atoms with E-state index in [0.717, 1.165) is 4.47 Å². The second-order valence-electron chi connectivity index (χ2n) is 3.87. The maximum Gasteiger partial charge on any atom is 0.365 e. The molecule has 2 aromatic carbocycles. The Kier molecular flexibility index (Phi) is 4.76. The summed E-state index contributed by atoms with van der Waals surface area (Å²) in [6.45, 7) is 0. The minimum atomic E-state index is -0.575. The highest BCUT2D eigenvalue weighted by Gasteiger charge is 2.07. The molecule has 0 aliphatic carbocycles. The molecule has 0 aromatic heterocycles. The van der Waals surface area contributed by atoms with Gasteiger partial charge in [0.15, 0.2) is 5.84 Å². The summed E-state index contributed by atoms with van der Waals surface area (Å²) in [5.41, 5.74) is 6.73. The van der Waals surface area contributed by atoms with Gasteiger partial charge < -0.3 is 10.6 Å². The number of benzene rings is 2. The Morgan fingerprint density at radius 1 is 1.05 bits per heavy atom. The molecule has 0 saturated heterocycles. The number of amidine groups is 1. The second kappa shape index (κ2) is 6.54. The minimum Gasteiger partial charge on any atom is -0.380 e. The van der Waals surface area contributed by atoms with Crippen LogP contribution >= 0.6 is 27.5 Å². The van der Waals surface area contributed by atoms with Crippen molar-refractivity contribution in [2.75, 3.05) is 0 Å². The maximum atomic E-state index is 11.7. The van der Waals surface area contributed by atoms with E-state index >= 15 is 0 Å². The molecule has 0 heterocycles. The maximum absolute atomic E-state index is 11.7. The molecule has 0 aliphatic heterocycles. The van der Waals surface area contributed by atoms with E-state index in [0.29, 0.717) is 16.1 Å². The van der Waals surface area contributed by atoms with E-state index in [4.69, 9.17) is 22.2 Å². The van der Waals surface area contributed by atoms with Crippen molar-refractivity contribution in [3.63, 3.8) is 0 Å². The van der Waals surface area contributed by atoms with Gasteiger partial charge >= 0.3 is 5.97 Å². The number of carbonyl (C=O) groups is 1. The Bertz CT molecular complexity index is 639. The largest absolute Gasteiger partial charge is 0.380 e. The molecule has 20 heavy (non-hydrogen) atoms. The number of hydrogen-bond donors (Lipinski definition) is 1. The predicted molar refractivity (Wildman–Crippen MR) is 81.7 cm³/mol. The van der Waals surface area contributed by atoms with E-state index in [9.17, 15) is 4.79 Å². The lowest BCUT2D eigenvalue weighted by molar-refractivity contribution is 0.0516. The van der Waals surface area contributed by atoms with Crippen molar-refractivity contribution < 1.29 is 9.63 Å². The zero-order valence-electron chi connectivity index (χ0n) is 10.2. The van der Waals surface area contributed by atoms with E-state index in [-0.39, 0.29) is 5.84 Å². The van der Waals surface area contributed by atoms with E-state index < -0.39 is 5.97 Å². The van der Waals surface area contributed by atoms with Gasteiger partial charge in [-0.3, -0.25) is 0 Å². The van der Waals surface area contributed by atoms with Crippen LogP contribution in [0.1, 0.15) is 15.9 Å². The lowest BCUT2D eigenvalue weighted by atomic mass is 10.2. The molecule has 2 aromatic rings. The molecular formula is C14H10BrClN2O2. The minimum absolute atomic E-state index is 0.104. The quantitative estimate of drug-likeness (QED) is 0.397. The smallest absolute Gasteiger partial charge is 0.365 e. The Labute approximate surface area is 129 Å². The number of halogens is 2. The van der Waals surface area contributed by atoms with E-state index in [1.165, 1.54) is 0 Å². The van der Waals surface area contributed by atoms with Gasteiger partial charge in [0, 0.05) is 15.1 Å². The summed E-state index contributed by atoms with van der Waals surface area (Å²) in [6.07, 6.45) is 0. The van der Waals surface area contributed by atoms with Crippen LogP contribution in [0.5, 0.6) is 0 Å². The van der Waals surface area contributed by atoms with Gasteiger partial charge in [0.05, 0.1) is 5.56 Å². The summed E-state index contributed by atoms with van der Waals surface area (Å²) in [7, 11) is 0. The highest BCUT2D eigenvalue weighted by atomic mass is 79.9. The molecule has 0 atom stereocenters. The highest BCUT2D eigenvalue weighted by Crippen LogP contribution is 2.12. The first-order valence-electron chi connectivity index (χ1n) is 5.62. The standard InChI is InChI=1S/C14H10BrClN2O2/c15-11-5-1-10(2-6-11)14(19)20-18-13(17)9-3-7-12(16)8-4-9/h1-8H,(H2,17,18). The van der Waals surface area contributed by atoms with Crippen molar-refractivity contribution >= 4 is 39.3 Å². The van der Waals surface area contributed by atoms with Crippen molar-refractivity contribution in [2.24, 2.45) is 10.9 Å². The molecule has 6 heteroatoms. The molecule has 2 N–H and O–H groups in total. The summed E-state index contributed by atoms with van der Waals surface area (Å²) in [5, 5.41) is 4.20. The molecular weight excluding hydrogens is 344 g/mol. The number of carbonyl (C=O) groups excluding carboxylic acids is 1. The molecule has 102 valence electrons. The van der Waals surface area contributed by atoms with Crippen LogP contribution < -0.4 is 5.73 Å². The number of oxime groups is 1. The fraction of sp³-hybridized carbons (Fsp3) is 0. The van der Waals surface area contributed by atoms with Crippen LogP contribution in [-0.2, 0) is 4.84 Å². The molecule has 0 aliphatic rings. The fourth-order valence-corrected chi connectivity index (χ4v) is 1.79. The molecule has 0 amide bonds. The third-order valence-corrected chi connectivity index (χ3v) is 3.23. The van der Waals surface area contributed by atoms with Crippen molar-refractivity contribution in [1.82, 2.24) is 0 Å². The van der Waals surface area contributed by atoms with Crippen LogP contribution in [0.25, 0.3) is 0 Å². The van der Waals surface area contributed by atoms with Crippen LogP contribution in [0.15, 0.2) is 58.2 Å². The van der Waals surface area contributed by atoms with Crippen molar-refractivity contribution in [1.29, 1.82) is 0 Å². The summed E-state index contributed by atoms with van der Waals surface area (Å²) in [5.74, 6) is -0.471. The predicted octanol–water partition coefficient (Wildman–Crippen LogP) is 3.58. The van der Waals surface area contributed by atoms with Gasteiger partial charge in [0.2, 0.25) is 0 Å². The zero-order chi connectivity index (χ0) is 14.5. The van der Waals surface area contributed by atoms with Crippen LogP contribution in [-0.4, -0.2) is 11.8 Å². The molecule has 4 nitrogen and oxygen atoms in total. The lowest BCUT2D eigenvalue weighted by Crippen LogP contribution is -2.15. The molecule has 0 spiro atoms. The van der Waals surface area contributed by atoms with E-state index in [2.05, 4.69) is 21.1 Å². The summed E-state index contributed by atoms with van der Waals surface area (Å²) in [6, 6.07) is 13.5. The van der Waals surface area contributed by atoms with Crippen LogP contribution in [0.4, 0.5) is 0 Å². The Balaban J connectivity index is 2.06. The Morgan fingerprint density at radius 2 is 1.60 bits per heavy atom. The van der Waals surface area contributed by atoms with Gasteiger partial charge in [0.1, 0.15) is 0 Å². The Morgan fingerprint density at radius 3 is 2.20 bits per heavy atom. The van der Waals surface area contributed by atoms with Crippen LogP contribution in [0, 0.1) is 0 Å². The SMILES string of the molecule is N/C(=N\OC(=O)c1ccc(Br)cc1)c1ccc(Cl)cc1. The zero-order valence-corrected chi connectivity index (χ0v) is 12.6. The van der Waals surface area contributed by atoms with Gasteiger partial charge in [-0.25, -0.2) is 4.79 Å². The molecule has 0 fully saturated rings. The van der Waals surface area contributed by atoms with Crippen molar-refractivity contribution in [3.05, 3.63) is 69.2 Å². The molecule has 0 unspecified atom stereocenters. The topological polar surface area (TPSA) is 64.7 Å². The number of nitrogens with zero attached hydrogens (tertiary/aromatic N) is 1. The normalized spacial score (nSPS) is 11.2. The van der Waals surface area contributed by atoms with Crippen LogP contribution in [0.3, 0.4) is 0 Å². The van der Waals surface area contributed by atoms with E-state index in [1.54, 1.807) is 48.5 Å². The average Bonchev–Trinajstić information content (AvgIpc) is 2.46. The summed E-state index contributed by atoms with van der Waals surface area (Å²) in [4.78, 5) is 16.5. The number of nitrogens with two attached hydrogens (primary N) is 1. The van der Waals surface area contributed by atoms with E-state index in [1.807, 2.05) is 0 Å². The van der Waals surface area contributed by atoms with Gasteiger partial charge in [0.25, 0.3) is 0 Å². The molecule has 0 radical (unpaired) electrons. The average molecular weight is 354 g/mol. The highest BCUT2D eigenvalue weighted by molar-refractivity contribution is 9.10. The summed E-state index contributed by atoms with van der Waals surface area (Å²) >= 11 is 9.05. The summed E-state index contributed by atoms with van der Waals surface area (Å²) < 4.78 is 0.873. The first-order chi connectivity index (χ1) is 9.56. The van der Waals surface area contributed by atoms with Crippen molar-refractivity contribution in [2.45, 2.75) is 0 Å². The number of hydrogen-bond acceptors (Lipinski definition) is 3. The van der Waals surface area contributed by atoms with Gasteiger partial charge in [-0.15, -0.1) is 0 Å². The number of rotatable bonds is 3. The molecule has 2 rings (SSSR count). The van der Waals surface area contributed by atoms with Gasteiger partial charge in [-0.1, -0.05) is 32.7 Å². The first kappa shape index (κ1) is 14.6. The fourth-order valence-electron chi connectivity index (χ4n) is 1.40. The lowest BCUT2D eigenvalue weighted by Gasteiger charge is -2.01. The van der Waals surface area contributed by atoms with Gasteiger partial charge in [-0.05, 0) is 48.5 Å². The van der Waals surface area contributed by atoms with Crippen molar-refractivity contribution in [3.8, 4) is 0 Å². The third-order valence-electron chi connectivity index (χ3n) is 2.45. The molecule has 0 saturated carbocycles. The monoisotopic (exact) mass is 352 g/mol. The Hall–Kier alpha value is -1.85. The van der Waals surface area contributed by atoms with Crippen LogP contribution in [0.2, 0.25) is 5.02 Å².